The first-order valence-corrected chi connectivity index (χ1v) is 8.61. The first-order chi connectivity index (χ1) is 5.27. The fourth-order valence-corrected chi connectivity index (χ4v) is 6.34. The number of hydrogen-bond acceptors (Lipinski definition) is 4. The zero-order chi connectivity index (χ0) is 8.53. The van der Waals surface area contributed by atoms with Crippen LogP contribution in [-0.4, -0.2) is 11.5 Å². The molecule has 0 aliphatic heterocycles. The standard InChI is InChI=1S/C7H14S4/c1-4-5-8-10-11-9-6-7(2)3/h4,7H,1,5-6H2,2-3H3. The van der Waals surface area contributed by atoms with Gasteiger partial charge in [-0.3, -0.25) is 0 Å². The van der Waals surface area contributed by atoms with Crippen LogP contribution in [0.3, 0.4) is 0 Å². The molecule has 0 aromatic carbocycles. The van der Waals surface area contributed by atoms with E-state index in [2.05, 4.69) is 20.4 Å². The maximum Gasteiger partial charge on any atom is 0.0223 e. The van der Waals surface area contributed by atoms with Gasteiger partial charge in [-0.05, 0) is 25.6 Å². The largest absolute Gasteiger partial charge is 0.102 e. The van der Waals surface area contributed by atoms with Gasteiger partial charge in [-0.1, -0.05) is 41.5 Å². The van der Waals surface area contributed by atoms with Crippen LogP contribution < -0.4 is 0 Å². The Morgan fingerprint density at radius 1 is 1.27 bits per heavy atom. The molecule has 0 atom stereocenters. The molecule has 66 valence electrons. The molecule has 0 aliphatic carbocycles. The maximum atomic E-state index is 3.66. The lowest BCUT2D eigenvalue weighted by Gasteiger charge is -2.01. The minimum atomic E-state index is 0.803. The summed E-state index contributed by atoms with van der Waals surface area (Å²) < 4.78 is 0. The highest BCUT2D eigenvalue weighted by Crippen LogP contribution is 2.43. The molecular weight excluding hydrogens is 212 g/mol. The summed E-state index contributed by atoms with van der Waals surface area (Å²) in [6.45, 7) is 8.15. The first-order valence-electron chi connectivity index (χ1n) is 3.46. The third-order valence-electron chi connectivity index (χ3n) is 0.711. The summed E-state index contributed by atoms with van der Waals surface area (Å²) in [6.07, 6.45) is 1.94. The Hall–Kier alpha value is 1.14. The van der Waals surface area contributed by atoms with Crippen molar-refractivity contribution in [2.45, 2.75) is 13.8 Å². The van der Waals surface area contributed by atoms with E-state index >= 15 is 0 Å². The van der Waals surface area contributed by atoms with Crippen molar-refractivity contribution in [2.75, 3.05) is 11.5 Å². The first kappa shape index (κ1) is 12.1. The minimum absolute atomic E-state index is 0.803. The van der Waals surface area contributed by atoms with Crippen LogP contribution in [0.5, 0.6) is 0 Å². The SMILES string of the molecule is C=CCSSSSCC(C)C. The van der Waals surface area contributed by atoms with Gasteiger partial charge < -0.3 is 0 Å². The van der Waals surface area contributed by atoms with Gasteiger partial charge in [0.15, 0.2) is 0 Å². The van der Waals surface area contributed by atoms with E-state index in [-0.39, 0.29) is 0 Å². The molecule has 0 bridgehead atoms. The molecule has 0 saturated carbocycles. The molecule has 0 heterocycles. The van der Waals surface area contributed by atoms with Crippen molar-refractivity contribution in [2.24, 2.45) is 5.92 Å². The molecular formula is C7H14S4. The fraction of sp³-hybridized carbons (Fsp3) is 0.714. The van der Waals surface area contributed by atoms with Crippen molar-refractivity contribution in [1.82, 2.24) is 0 Å². The lowest BCUT2D eigenvalue weighted by molar-refractivity contribution is 0.752. The van der Waals surface area contributed by atoms with Gasteiger partial charge in [0.1, 0.15) is 0 Å². The molecule has 0 saturated heterocycles. The van der Waals surface area contributed by atoms with E-state index in [0.29, 0.717) is 0 Å². The summed E-state index contributed by atoms with van der Waals surface area (Å²) in [6, 6.07) is 0. The van der Waals surface area contributed by atoms with Crippen molar-refractivity contribution in [3.8, 4) is 0 Å². The Bertz CT molecular complexity index is 92.4. The van der Waals surface area contributed by atoms with Gasteiger partial charge in [-0.15, -0.1) is 6.58 Å². The summed E-state index contributed by atoms with van der Waals surface area (Å²) in [7, 11) is 7.50. The second-order valence-corrected chi connectivity index (χ2v) is 8.48. The van der Waals surface area contributed by atoms with Crippen molar-refractivity contribution >= 4 is 41.2 Å². The molecule has 0 nitrogen and oxygen atoms in total. The molecule has 0 N–H and O–H groups in total. The van der Waals surface area contributed by atoms with Gasteiger partial charge >= 0.3 is 0 Å². The van der Waals surface area contributed by atoms with Crippen LogP contribution in [0, 0.1) is 5.92 Å². The van der Waals surface area contributed by atoms with Crippen LogP contribution in [0.15, 0.2) is 12.7 Å². The Morgan fingerprint density at radius 2 is 1.91 bits per heavy atom. The van der Waals surface area contributed by atoms with Crippen LogP contribution in [0.1, 0.15) is 13.8 Å². The lowest BCUT2D eigenvalue weighted by atomic mass is 10.3. The highest BCUT2D eigenvalue weighted by molar-refractivity contribution is 9.26. The summed E-state index contributed by atoms with van der Waals surface area (Å²) >= 11 is 0. The summed E-state index contributed by atoms with van der Waals surface area (Å²) in [5.74, 6) is 3.09. The molecule has 0 aromatic rings. The van der Waals surface area contributed by atoms with Gasteiger partial charge in [0, 0.05) is 11.5 Å². The molecule has 0 amide bonds. The molecule has 0 radical (unpaired) electrons. The third-order valence-corrected chi connectivity index (χ3v) is 7.43. The number of rotatable bonds is 7. The Kier molecular flexibility index (Phi) is 10.2. The van der Waals surface area contributed by atoms with Gasteiger partial charge in [0.05, 0.1) is 0 Å². The van der Waals surface area contributed by atoms with Crippen molar-refractivity contribution < 1.29 is 0 Å². The van der Waals surface area contributed by atoms with E-state index in [1.807, 2.05) is 47.3 Å². The van der Waals surface area contributed by atoms with Gasteiger partial charge in [0.25, 0.3) is 0 Å². The molecule has 11 heavy (non-hydrogen) atoms. The van der Waals surface area contributed by atoms with Gasteiger partial charge in [0.2, 0.25) is 0 Å². The maximum absolute atomic E-state index is 3.66. The molecule has 0 aromatic heterocycles. The van der Waals surface area contributed by atoms with E-state index in [0.717, 1.165) is 11.7 Å². The Balaban J connectivity index is 2.85. The fourth-order valence-electron chi connectivity index (χ4n) is 0.279. The van der Waals surface area contributed by atoms with Gasteiger partial charge in [-0.25, -0.2) is 0 Å². The van der Waals surface area contributed by atoms with Crippen LogP contribution in [0.4, 0.5) is 0 Å². The van der Waals surface area contributed by atoms with E-state index in [9.17, 15) is 0 Å². The molecule has 4 heteroatoms. The van der Waals surface area contributed by atoms with Crippen LogP contribution >= 0.6 is 41.2 Å². The Labute approximate surface area is 84.9 Å². The van der Waals surface area contributed by atoms with E-state index in [1.165, 1.54) is 5.75 Å². The molecule has 0 rings (SSSR count). The zero-order valence-corrected chi connectivity index (χ0v) is 10.2. The van der Waals surface area contributed by atoms with Crippen LogP contribution in [0.2, 0.25) is 0 Å². The van der Waals surface area contributed by atoms with Gasteiger partial charge in [-0.2, -0.15) is 0 Å². The predicted octanol–water partition coefficient (Wildman–Crippen LogP) is 4.51. The topological polar surface area (TPSA) is 0 Å². The average molecular weight is 226 g/mol. The molecule has 0 aliphatic rings. The highest BCUT2D eigenvalue weighted by Gasteiger charge is 1.94. The second kappa shape index (κ2) is 9.23. The summed E-state index contributed by atoms with van der Waals surface area (Å²) in [5, 5.41) is 0. The number of hydrogen-bond donors (Lipinski definition) is 0. The second-order valence-electron chi connectivity index (χ2n) is 2.39. The van der Waals surface area contributed by atoms with Crippen LogP contribution in [-0.2, 0) is 0 Å². The average Bonchev–Trinajstić information content (AvgIpc) is 1.96. The van der Waals surface area contributed by atoms with E-state index in [1.54, 1.807) is 0 Å². The highest BCUT2D eigenvalue weighted by atomic mass is 33.7. The molecule has 0 fully saturated rings. The molecule has 0 spiro atoms. The zero-order valence-electron chi connectivity index (χ0n) is 6.91. The van der Waals surface area contributed by atoms with E-state index in [4.69, 9.17) is 0 Å². The smallest absolute Gasteiger partial charge is 0.0223 e. The quantitative estimate of drug-likeness (QED) is 0.356. The lowest BCUT2D eigenvalue weighted by Crippen LogP contribution is -1.86. The van der Waals surface area contributed by atoms with Crippen molar-refractivity contribution in [1.29, 1.82) is 0 Å². The normalized spacial score (nSPS) is 10.5. The van der Waals surface area contributed by atoms with Crippen molar-refractivity contribution in [3.05, 3.63) is 12.7 Å². The molecule has 0 unspecified atom stereocenters. The monoisotopic (exact) mass is 226 g/mol. The predicted molar refractivity (Wildman–Crippen MR) is 65.1 cm³/mol. The minimum Gasteiger partial charge on any atom is -0.102 e. The summed E-state index contributed by atoms with van der Waals surface area (Å²) in [5.41, 5.74) is 0. The van der Waals surface area contributed by atoms with Crippen LogP contribution in [0.25, 0.3) is 0 Å². The third kappa shape index (κ3) is 11.1. The van der Waals surface area contributed by atoms with Crippen molar-refractivity contribution in [3.63, 3.8) is 0 Å². The summed E-state index contributed by atoms with van der Waals surface area (Å²) in [4.78, 5) is 0. The van der Waals surface area contributed by atoms with E-state index < -0.39 is 0 Å². The Morgan fingerprint density at radius 3 is 2.45 bits per heavy atom.